The Morgan fingerprint density at radius 2 is 0.319 bits per heavy atom. The van der Waals surface area contributed by atoms with E-state index in [1.807, 2.05) is 0 Å². The third-order valence-electron chi connectivity index (χ3n) is 16.6. The largest absolute Gasteiger partial charge is 0.478 e. The smallest absolute Gasteiger partial charge is 0.393 e. The van der Waals surface area contributed by atoms with Crippen LogP contribution in [-0.4, -0.2) is 220 Å². The molecule has 8 unspecified atom stereocenters. The van der Waals surface area contributed by atoms with Gasteiger partial charge in [0.15, 0.2) is 0 Å². The first-order valence-corrected chi connectivity index (χ1v) is 56.9. The fourth-order valence-electron chi connectivity index (χ4n) is 12.2. The van der Waals surface area contributed by atoms with Gasteiger partial charge in [-0.2, -0.15) is 0 Å². The molecule has 0 saturated carbocycles. The second-order valence-corrected chi connectivity index (χ2v) is 55.0. The highest BCUT2D eigenvalue weighted by molar-refractivity contribution is 7.00. The summed E-state index contributed by atoms with van der Waals surface area (Å²) in [5, 5.41) is 37.5. The maximum absolute atomic E-state index is 8.57. The van der Waals surface area contributed by atoms with Gasteiger partial charge < -0.3 is 111 Å². The predicted molar refractivity (Wildman–Crippen MR) is 399 cm³/mol. The van der Waals surface area contributed by atoms with Crippen molar-refractivity contribution in [2.75, 3.05) is 131 Å². The van der Waals surface area contributed by atoms with Gasteiger partial charge in [-0.25, -0.2) is 0 Å². The molecule has 5 saturated heterocycles. The van der Waals surface area contributed by atoms with E-state index < -0.39 is 89.0 Å². The van der Waals surface area contributed by atoms with Crippen molar-refractivity contribution in [3.05, 3.63) is 0 Å². The minimum Gasteiger partial charge on any atom is -0.393 e. The lowest BCUT2D eigenvalue weighted by molar-refractivity contribution is 0.00144. The minimum atomic E-state index is -4.42. The zero-order valence-electron chi connectivity index (χ0n) is 61.1. The molecule has 0 amide bonds. The normalized spacial score (nSPS) is 29.0. The summed E-state index contributed by atoms with van der Waals surface area (Å²) in [5.41, 5.74) is 0. The predicted octanol–water partition coefficient (Wildman–Crippen LogP) is 8.67. The van der Waals surface area contributed by atoms with Gasteiger partial charge in [0.2, 0.25) is 0 Å². The molecule has 94 heavy (non-hydrogen) atoms. The van der Waals surface area contributed by atoms with Gasteiger partial charge in [0, 0.05) is 48.4 Å². The Bertz CT molecular complexity index is 1870. The average molecular weight is 1510 g/mol. The molecule has 0 spiro atoms. The van der Waals surface area contributed by atoms with E-state index in [9.17, 15) is 0 Å². The van der Waals surface area contributed by atoms with Crippen molar-refractivity contribution >= 4 is 89.0 Å². The van der Waals surface area contributed by atoms with E-state index in [-0.39, 0.29) is 0 Å². The fraction of sp³-hybridized carbons (Fsp3) is 1.00. The van der Waals surface area contributed by atoms with Crippen molar-refractivity contribution in [1.82, 2.24) is 53.2 Å². The van der Waals surface area contributed by atoms with Crippen LogP contribution in [0.4, 0.5) is 0 Å². The molecule has 8 atom stereocenters. The van der Waals surface area contributed by atoms with Gasteiger partial charge in [0.25, 0.3) is 0 Å². The lowest BCUT2D eigenvalue weighted by Crippen LogP contribution is -2.84. The summed E-state index contributed by atoms with van der Waals surface area (Å²) in [4.78, 5) is 0. The van der Waals surface area contributed by atoms with Crippen LogP contribution in [0.25, 0.3) is 0 Å². The Balaban J connectivity index is 2.05. The van der Waals surface area contributed by atoms with Gasteiger partial charge in [-0.05, 0) is 271 Å². The van der Waals surface area contributed by atoms with Crippen LogP contribution in [-0.2, 0) is 57.6 Å². The zero-order valence-corrected chi connectivity index (χ0v) is 71.1. The van der Waals surface area contributed by atoms with Crippen LogP contribution in [0, 0.1) is 0 Å². The molecular weight excluding hydrogens is 1370 g/mol. The molecule has 34 heteroatoms. The highest BCUT2D eigenvalue weighted by Crippen LogP contribution is 2.51. The van der Waals surface area contributed by atoms with Gasteiger partial charge in [-0.15, -0.1) is 0 Å². The summed E-state index contributed by atoms with van der Waals surface area (Å²) in [6, 6.07) is 4.87. The molecule has 554 valence electrons. The molecule has 5 rings (SSSR count). The van der Waals surface area contributed by atoms with Crippen LogP contribution in [0.15, 0.2) is 0 Å². The summed E-state index contributed by atoms with van der Waals surface area (Å²) < 4.78 is 117. The van der Waals surface area contributed by atoms with Crippen molar-refractivity contribution in [3.8, 4) is 0 Å². The highest BCUT2D eigenvalue weighted by atomic mass is 28.6. The Morgan fingerprint density at radius 1 is 0.181 bits per heavy atom. The molecule has 0 aromatic rings. The number of hydrogen-bond donors (Lipinski definition) is 10. The molecule has 2 radical (unpaired) electrons. The topological polar surface area (TPSA) is 250 Å². The number of rotatable bonds is 60. The first kappa shape index (κ1) is 85.9. The molecule has 24 nitrogen and oxygen atoms in total. The van der Waals surface area contributed by atoms with Gasteiger partial charge in [-0.1, -0.05) is 69.2 Å². The Kier molecular flexibility index (Phi) is 44.8. The quantitative estimate of drug-likeness (QED) is 0.0202. The second-order valence-electron chi connectivity index (χ2n) is 26.2. The van der Waals surface area contributed by atoms with Gasteiger partial charge >= 0.3 is 89.0 Å². The Morgan fingerprint density at radius 3 is 0.489 bits per heavy atom. The zero-order chi connectivity index (χ0) is 67.5. The van der Waals surface area contributed by atoms with Gasteiger partial charge in [0.1, 0.15) is 0 Å². The fourth-order valence-corrected chi connectivity index (χ4v) is 68.0. The standard InChI is InChI=1S/C60H140N10O14Si10/c1-11-31-61-41-21-51-85-71-87(53-23-43-63-33-13-3)75-88(54-24-44-64-34-14-4)72-86(52-22-42-62-32-12-2)74-90(56-26-46-66-36-16-6)80-92(58-28-48-68-38-18-8)79-89(73-85,55-25-45-65-35-15-5)78-91(76-87,57-27-47-67-37-17-7)82-93(77-88,59-29-49-69-39-19-9)84-94(81-90,83-92)60-30-50-70-40-20-10/h61-70H,11-60H2,1-10H3. The molecule has 5 aliphatic heterocycles. The molecule has 5 aliphatic rings. The van der Waals surface area contributed by atoms with E-state index in [1.165, 1.54) is 0 Å². The van der Waals surface area contributed by atoms with Crippen LogP contribution in [0.3, 0.4) is 0 Å². The van der Waals surface area contributed by atoms with Crippen LogP contribution in [0.5, 0.6) is 0 Å². The van der Waals surface area contributed by atoms with Crippen molar-refractivity contribution in [1.29, 1.82) is 0 Å². The molecular formula is C60H140N10O14Si10. The third kappa shape index (κ3) is 31.3. The van der Waals surface area contributed by atoms with E-state index in [0.29, 0.717) is 112 Å². The monoisotopic (exact) mass is 1500 g/mol. The number of nitrogens with one attached hydrogen (secondary N) is 10. The number of fused-ring (bicyclic) bond motifs is 5. The van der Waals surface area contributed by atoms with Gasteiger partial charge in [0.05, 0.1) is 0 Å². The van der Waals surface area contributed by atoms with Crippen molar-refractivity contribution in [2.24, 2.45) is 0 Å². The molecule has 5 heterocycles. The van der Waals surface area contributed by atoms with E-state index >= 15 is 0 Å². The van der Waals surface area contributed by atoms with Crippen molar-refractivity contribution in [3.63, 3.8) is 0 Å². The Hall–Kier alpha value is 1.21. The lowest BCUT2D eigenvalue weighted by Gasteiger charge is -2.60. The first-order chi connectivity index (χ1) is 45.8. The maximum Gasteiger partial charge on any atom is 0.478 e. The van der Waals surface area contributed by atoms with Crippen LogP contribution in [0.1, 0.15) is 198 Å². The molecule has 0 aliphatic carbocycles. The molecule has 10 N–H and O–H groups in total. The molecule has 5 fully saturated rings. The molecule has 8 bridgehead atoms. The van der Waals surface area contributed by atoms with E-state index in [2.05, 4.69) is 122 Å². The Labute approximate surface area is 585 Å². The minimum absolute atomic E-state index is 0.410. The maximum atomic E-state index is 8.57. The SMILES string of the molecule is CCCNCCC[Si]1O[Si]2(CCCNCCC)O[Si]3(CCCNCCC)O[Si](CCCNCCC)O[Si]4(CCCNCCC)O[Si]5(CCCNCCC)O[Si](CCCNCCC)(O1)O[Si](CCCNCCC)(O2)O[Si](CCCNCCC)(O3)O[Si](CCCNCCC)(O4)O5. The van der Waals surface area contributed by atoms with Crippen molar-refractivity contribution < 1.29 is 57.6 Å². The third-order valence-corrected chi connectivity index (χ3v) is 59.4. The molecule has 0 aromatic carbocycles. The summed E-state index contributed by atoms with van der Waals surface area (Å²) >= 11 is 0. The van der Waals surface area contributed by atoms with Gasteiger partial charge in [-0.3, -0.25) is 0 Å². The van der Waals surface area contributed by atoms with Crippen LogP contribution < -0.4 is 53.2 Å². The molecule has 0 aromatic heterocycles. The second kappa shape index (κ2) is 49.0. The summed E-state index contributed by atoms with van der Waals surface area (Å²) in [6.07, 6.45) is 17.4. The van der Waals surface area contributed by atoms with E-state index in [1.54, 1.807) is 0 Å². The van der Waals surface area contributed by atoms with Crippen LogP contribution >= 0.6 is 0 Å². The number of hydrogen-bond acceptors (Lipinski definition) is 24. The van der Waals surface area contributed by atoms with Crippen molar-refractivity contribution in [2.45, 2.75) is 258 Å². The summed E-state index contributed by atoms with van der Waals surface area (Å²) in [5.74, 6) is 0. The lowest BCUT2D eigenvalue weighted by atomic mass is 10.4. The highest BCUT2D eigenvalue weighted by Gasteiger charge is 2.79. The van der Waals surface area contributed by atoms with E-state index in [0.717, 1.165) is 208 Å². The van der Waals surface area contributed by atoms with E-state index in [4.69, 9.17) is 57.6 Å². The summed E-state index contributed by atoms with van der Waals surface area (Å²) in [6.45, 7) is 38.6. The first-order valence-electron chi connectivity index (χ1n) is 38.4. The average Bonchev–Trinajstić information content (AvgIpc) is 0.705. The van der Waals surface area contributed by atoms with Crippen LogP contribution in [0.2, 0.25) is 60.4 Å². The summed E-state index contributed by atoms with van der Waals surface area (Å²) in [7, 11) is -39.0.